The molecule has 0 aromatic rings. The molecule has 0 saturated heterocycles. The van der Waals surface area contributed by atoms with Crippen LogP contribution in [0.4, 0.5) is 0 Å². The van der Waals surface area contributed by atoms with E-state index in [-0.39, 0.29) is 7.12 Å². The Labute approximate surface area is 65.9 Å². The molecule has 1 rings (SSSR count). The molecule has 0 aromatic carbocycles. The minimum Gasteiger partial charge on any atom is -0.489 e. The van der Waals surface area contributed by atoms with E-state index in [9.17, 15) is 0 Å². The van der Waals surface area contributed by atoms with Gasteiger partial charge in [0.25, 0.3) is 0 Å². The fourth-order valence-electron chi connectivity index (χ4n) is 0.674. The lowest BCUT2D eigenvalue weighted by Crippen LogP contribution is -2.49. The Kier molecular flexibility index (Phi) is 1.92. The van der Waals surface area contributed by atoms with Gasteiger partial charge in [-0.3, -0.25) is 0 Å². The van der Waals surface area contributed by atoms with Gasteiger partial charge in [-0.15, -0.1) is 0 Å². The minimum absolute atomic E-state index is 0.160. The Morgan fingerprint density at radius 3 is 1.75 bits per heavy atom. The van der Waals surface area contributed by atoms with Crippen LogP contribution in [0.1, 0.15) is 0 Å². The summed E-state index contributed by atoms with van der Waals surface area (Å²) < 4.78 is 4.24. The van der Waals surface area contributed by atoms with Crippen LogP contribution in [0.15, 0.2) is 12.4 Å². The lowest BCUT2D eigenvalue weighted by molar-refractivity contribution is 0.860. The highest BCUT2D eigenvalue weighted by atomic mass is 27.1. The maximum atomic E-state index is 5.68. The number of hydrogen-bond donors (Lipinski definition) is 1. The lowest BCUT2D eigenvalue weighted by atomic mass is 10.0. The van der Waals surface area contributed by atoms with E-state index in [0.29, 0.717) is 0 Å². The van der Waals surface area contributed by atoms with Crippen molar-refractivity contribution in [1.82, 2.24) is 7.59 Å². The summed E-state index contributed by atoms with van der Waals surface area (Å²) in [7, 11) is 0.160. The second-order valence-corrected chi connectivity index (χ2v) is 4.11. The topological polar surface area (TPSA) is 32.5 Å². The van der Waals surface area contributed by atoms with Crippen LogP contribution in [-0.4, -0.2) is 47.7 Å². The SMILES string of the molecule is NB1[N]([AlH2])C=C[N]1[AlH2]. The molecule has 0 aliphatic carbocycles. The second-order valence-electron chi connectivity index (χ2n) is 2.04. The summed E-state index contributed by atoms with van der Waals surface area (Å²) in [5.41, 5.74) is 5.68. The Morgan fingerprint density at radius 2 is 1.62 bits per heavy atom. The molecule has 6 heteroatoms. The highest BCUT2D eigenvalue weighted by Gasteiger charge is 2.19. The fraction of sp³-hybridized carbons (Fsp3) is 0. The summed E-state index contributed by atoms with van der Waals surface area (Å²) in [4.78, 5) is 0. The van der Waals surface area contributed by atoms with Gasteiger partial charge in [0.1, 0.15) is 0 Å². The molecular weight excluding hydrogens is 131 g/mol. The monoisotopic (exact) mass is 139 g/mol. The van der Waals surface area contributed by atoms with Crippen molar-refractivity contribution in [3.63, 3.8) is 0 Å². The first kappa shape index (κ1) is 6.55. The molecule has 8 heavy (non-hydrogen) atoms. The highest BCUT2D eigenvalue weighted by molar-refractivity contribution is 6.61. The van der Waals surface area contributed by atoms with Crippen LogP contribution in [0.2, 0.25) is 0 Å². The van der Waals surface area contributed by atoms with Crippen LogP contribution in [0.5, 0.6) is 0 Å². The largest absolute Gasteiger partial charge is 0.489 e. The van der Waals surface area contributed by atoms with Crippen molar-refractivity contribution < 1.29 is 0 Å². The maximum Gasteiger partial charge on any atom is 0.412 e. The molecular formula is C2H8Al2BN3. The van der Waals surface area contributed by atoms with Gasteiger partial charge in [0.15, 0.2) is 0 Å². The van der Waals surface area contributed by atoms with Crippen molar-refractivity contribution in [2.75, 3.05) is 0 Å². The van der Waals surface area contributed by atoms with Crippen molar-refractivity contribution in [1.29, 1.82) is 0 Å². The summed E-state index contributed by atoms with van der Waals surface area (Å²) in [6.07, 6.45) is 4.09. The van der Waals surface area contributed by atoms with Crippen molar-refractivity contribution in [3.8, 4) is 0 Å². The van der Waals surface area contributed by atoms with Gasteiger partial charge in [-0.2, -0.15) is 0 Å². The van der Waals surface area contributed by atoms with E-state index in [1.54, 1.807) is 0 Å². The zero-order valence-corrected chi connectivity index (χ0v) is 9.20. The van der Waals surface area contributed by atoms with Crippen molar-refractivity contribution in [3.05, 3.63) is 12.4 Å². The van der Waals surface area contributed by atoms with Gasteiger partial charge in [0.2, 0.25) is 0 Å². The summed E-state index contributed by atoms with van der Waals surface area (Å²) in [5, 5.41) is 0. The molecule has 40 valence electrons. The van der Waals surface area contributed by atoms with Gasteiger partial charge >= 0.3 is 40.1 Å². The van der Waals surface area contributed by atoms with E-state index in [2.05, 4.69) is 7.59 Å². The molecule has 3 nitrogen and oxygen atoms in total. The van der Waals surface area contributed by atoms with Crippen LogP contribution in [0.25, 0.3) is 0 Å². The van der Waals surface area contributed by atoms with E-state index in [1.807, 2.05) is 12.4 Å². The Balaban J connectivity index is 2.55. The summed E-state index contributed by atoms with van der Waals surface area (Å²) in [5.74, 6) is 0. The first-order chi connectivity index (χ1) is 3.72. The van der Waals surface area contributed by atoms with Gasteiger partial charge in [-0.25, -0.2) is 0 Å². The third-order valence-corrected chi connectivity index (χ3v) is 3.03. The molecule has 1 aliphatic rings. The van der Waals surface area contributed by atoms with Crippen molar-refractivity contribution in [2.24, 2.45) is 5.64 Å². The van der Waals surface area contributed by atoms with E-state index >= 15 is 0 Å². The smallest absolute Gasteiger partial charge is 0.412 e. The van der Waals surface area contributed by atoms with Gasteiger partial charge in [-0.1, -0.05) is 0 Å². The van der Waals surface area contributed by atoms with E-state index < -0.39 is 0 Å². The molecule has 0 atom stereocenters. The highest BCUT2D eigenvalue weighted by Crippen LogP contribution is 1.99. The zero-order valence-electron chi connectivity index (χ0n) is 5.20. The third kappa shape index (κ3) is 1.05. The molecule has 2 N–H and O–H groups in total. The number of hydrogen-bond acceptors (Lipinski definition) is 3. The Morgan fingerprint density at radius 1 is 1.25 bits per heavy atom. The van der Waals surface area contributed by atoms with Gasteiger partial charge in [-0.05, 0) is 12.4 Å². The Hall–Kier alpha value is 0.430. The normalized spacial score (nSPS) is 18.4. The van der Waals surface area contributed by atoms with Crippen LogP contribution in [0.3, 0.4) is 0 Å². The minimum atomic E-state index is 0.160. The van der Waals surface area contributed by atoms with Crippen LogP contribution < -0.4 is 5.64 Å². The molecule has 0 aromatic heterocycles. The molecule has 0 bridgehead atoms. The summed E-state index contributed by atoms with van der Waals surface area (Å²) in [6.45, 7) is 0. The predicted octanol–water partition coefficient (Wildman–Crippen LogP) is -2.88. The average Bonchev–Trinajstić information content (AvgIpc) is 1.98. The molecule has 0 amide bonds. The predicted molar refractivity (Wildman–Crippen MR) is 39.8 cm³/mol. The third-order valence-electron chi connectivity index (χ3n) is 1.37. The molecule has 1 heterocycles. The fourth-order valence-corrected chi connectivity index (χ4v) is 2.13. The number of rotatable bonds is 0. The molecule has 1 aliphatic heterocycles. The van der Waals surface area contributed by atoms with Crippen LogP contribution in [0, 0.1) is 0 Å². The van der Waals surface area contributed by atoms with E-state index in [4.69, 9.17) is 5.64 Å². The molecule has 0 spiro atoms. The Bertz CT molecular complexity index is 106. The lowest BCUT2D eigenvalue weighted by Gasteiger charge is -2.19. The second kappa shape index (κ2) is 2.35. The van der Waals surface area contributed by atoms with Crippen molar-refractivity contribution in [2.45, 2.75) is 0 Å². The number of nitrogens with two attached hydrogens (primary N) is 1. The van der Waals surface area contributed by atoms with Crippen molar-refractivity contribution >= 4 is 40.1 Å². The molecule has 0 saturated carbocycles. The standard InChI is InChI=1S/C2H4BN3.2Al.4H/c4-3-5-1-2-6-3;;;;;;/h1-2H,4H2;;;;;;/q-2;2*+1;;;;. The van der Waals surface area contributed by atoms with Gasteiger partial charge < -0.3 is 13.2 Å². The number of nitrogens with zero attached hydrogens (tertiary/aromatic N) is 2. The van der Waals surface area contributed by atoms with Crippen LogP contribution in [-0.2, 0) is 0 Å². The first-order valence-electron chi connectivity index (χ1n) is 2.59. The van der Waals surface area contributed by atoms with E-state index in [1.165, 1.54) is 0 Å². The van der Waals surface area contributed by atoms with Crippen LogP contribution >= 0.6 is 0 Å². The van der Waals surface area contributed by atoms with E-state index in [0.717, 1.165) is 33.0 Å². The molecule has 0 radical (unpaired) electrons. The molecule has 0 fully saturated rings. The maximum absolute atomic E-state index is 5.68. The molecule has 0 unspecified atom stereocenters. The summed E-state index contributed by atoms with van der Waals surface area (Å²) >= 11 is 2.05. The van der Waals surface area contributed by atoms with Gasteiger partial charge in [0, 0.05) is 0 Å². The quantitative estimate of drug-likeness (QED) is 0.365. The van der Waals surface area contributed by atoms with Gasteiger partial charge in [0.05, 0.1) is 0 Å². The average molecular weight is 139 g/mol. The zero-order chi connectivity index (χ0) is 6.15. The summed E-state index contributed by atoms with van der Waals surface area (Å²) in [6, 6.07) is 0. The first-order valence-corrected chi connectivity index (χ1v) is 4.38.